The van der Waals surface area contributed by atoms with E-state index in [0.717, 1.165) is 0 Å². The summed E-state index contributed by atoms with van der Waals surface area (Å²) in [5.41, 5.74) is 5.52. The Kier molecular flexibility index (Phi) is 3.98. The van der Waals surface area contributed by atoms with Crippen molar-refractivity contribution in [3.63, 3.8) is 0 Å². The van der Waals surface area contributed by atoms with Crippen LogP contribution in [0.3, 0.4) is 0 Å². The molecule has 0 aromatic heterocycles. The molecule has 2 aliphatic heterocycles. The second kappa shape index (κ2) is 6.38. The van der Waals surface area contributed by atoms with Crippen LogP contribution in [0.1, 0.15) is 38.2 Å². The zero-order valence-corrected chi connectivity index (χ0v) is 17.3. The Morgan fingerprint density at radius 2 is 1.22 bits per heavy atom. The summed E-state index contributed by atoms with van der Waals surface area (Å²) in [6.45, 7) is 4.52. The van der Waals surface area contributed by atoms with E-state index >= 15 is 0 Å². The molecule has 1 spiro atoms. The number of hydrogen-bond acceptors (Lipinski definition) is 1. The lowest BCUT2D eigenvalue weighted by Gasteiger charge is -2.42. The van der Waals surface area contributed by atoms with Crippen LogP contribution < -0.4 is 15.3 Å². The fourth-order valence-electron chi connectivity index (χ4n) is 5.23. The van der Waals surface area contributed by atoms with Crippen LogP contribution >= 0.6 is 0 Å². The maximum atomic E-state index is 2.51. The minimum Gasteiger partial charge on any atom is -0.311 e. The summed E-state index contributed by atoms with van der Waals surface area (Å²) in [5, 5.41) is 3.29. The van der Waals surface area contributed by atoms with E-state index < -0.39 is 8.07 Å². The van der Waals surface area contributed by atoms with E-state index in [0.29, 0.717) is 5.92 Å². The SMILES string of the molecule is CC(C)c1ccc(N2c3ccccc3[Si]3(CCCC3)c3ccccc32)cc1. The average Bonchev–Trinajstić information content (AvgIpc) is 3.19. The van der Waals surface area contributed by atoms with Crippen molar-refractivity contribution >= 4 is 35.5 Å². The lowest BCUT2D eigenvalue weighted by Crippen LogP contribution is -2.60. The van der Waals surface area contributed by atoms with E-state index in [1.54, 1.807) is 10.4 Å². The van der Waals surface area contributed by atoms with Gasteiger partial charge in [0, 0.05) is 17.1 Å². The average molecular weight is 370 g/mol. The van der Waals surface area contributed by atoms with Crippen molar-refractivity contribution in [1.29, 1.82) is 0 Å². The maximum absolute atomic E-state index is 2.51. The van der Waals surface area contributed by atoms with Gasteiger partial charge < -0.3 is 4.90 Å². The predicted octanol–water partition coefficient (Wildman–Crippen LogP) is 5.95. The monoisotopic (exact) mass is 369 g/mol. The van der Waals surface area contributed by atoms with Crippen molar-refractivity contribution in [2.75, 3.05) is 4.90 Å². The number of para-hydroxylation sites is 2. The van der Waals surface area contributed by atoms with Gasteiger partial charge in [-0.25, -0.2) is 0 Å². The first-order valence-electron chi connectivity index (χ1n) is 10.3. The van der Waals surface area contributed by atoms with E-state index in [1.165, 1.54) is 47.6 Å². The van der Waals surface area contributed by atoms with E-state index in [2.05, 4.69) is 91.5 Å². The standard InChI is InChI=1S/C25H27NSi/c1-19(2)20-13-15-21(16-14-20)26-22-9-3-5-11-24(22)27(17-7-8-18-27)25-12-6-4-10-23(25)26/h3-6,9-16,19H,7-8,17-18H2,1-2H3. The van der Waals surface area contributed by atoms with Gasteiger partial charge in [-0.15, -0.1) is 0 Å². The van der Waals surface area contributed by atoms with Crippen molar-refractivity contribution in [3.8, 4) is 0 Å². The van der Waals surface area contributed by atoms with Crippen LogP contribution in [0.25, 0.3) is 0 Å². The molecule has 0 N–H and O–H groups in total. The van der Waals surface area contributed by atoms with Crippen molar-refractivity contribution < 1.29 is 0 Å². The number of hydrogen-bond donors (Lipinski definition) is 0. The van der Waals surface area contributed by atoms with Crippen LogP contribution in [-0.2, 0) is 0 Å². The molecule has 0 amide bonds. The number of fused-ring (bicyclic) bond motifs is 4. The minimum absolute atomic E-state index is 0.564. The van der Waals surface area contributed by atoms with Gasteiger partial charge in [-0.3, -0.25) is 0 Å². The van der Waals surface area contributed by atoms with Gasteiger partial charge in [-0.1, -0.05) is 75.2 Å². The quantitative estimate of drug-likeness (QED) is 0.505. The summed E-state index contributed by atoms with van der Waals surface area (Å²) in [6, 6.07) is 30.5. The molecule has 1 nitrogen and oxygen atoms in total. The molecule has 0 atom stereocenters. The van der Waals surface area contributed by atoms with Crippen molar-refractivity contribution in [3.05, 3.63) is 78.4 Å². The fourth-order valence-corrected chi connectivity index (χ4v) is 10.8. The molecule has 1 fully saturated rings. The highest BCUT2D eigenvalue weighted by Gasteiger charge is 2.47. The van der Waals surface area contributed by atoms with Gasteiger partial charge in [-0.2, -0.15) is 0 Å². The van der Waals surface area contributed by atoms with Crippen molar-refractivity contribution in [2.45, 2.75) is 44.7 Å². The van der Waals surface area contributed by atoms with Gasteiger partial charge in [0.05, 0.1) is 0 Å². The van der Waals surface area contributed by atoms with Crippen LogP contribution in [0.2, 0.25) is 12.1 Å². The molecule has 27 heavy (non-hydrogen) atoms. The molecule has 3 aromatic rings. The Morgan fingerprint density at radius 3 is 1.74 bits per heavy atom. The maximum Gasteiger partial charge on any atom is 0.123 e. The molecule has 0 bridgehead atoms. The molecular formula is C25H27NSi. The second-order valence-electron chi connectivity index (χ2n) is 8.41. The topological polar surface area (TPSA) is 3.24 Å². The summed E-state index contributed by atoms with van der Waals surface area (Å²) in [5.74, 6) is 0.564. The molecule has 0 saturated carbocycles. The number of rotatable bonds is 2. The zero-order chi connectivity index (χ0) is 18.4. The summed E-state index contributed by atoms with van der Waals surface area (Å²) < 4.78 is 0. The normalized spacial score (nSPS) is 17.2. The van der Waals surface area contributed by atoms with Gasteiger partial charge in [0.1, 0.15) is 8.07 Å². The van der Waals surface area contributed by atoms with Gasteiger partial charge in [0.2, 0.25) is 0 Å². The number of benzene rings is 3. The number of nitrogens with zero attached hydrogens (tertiary/aromatic N) is 1. The van der Waals surface area contributed by atoms with Crippen LogP contribution in [0.15, 0.2) is 72.8 Å². The highest BCUT2D eigenvalue weighted by Crippen LogP contribution is 2.43. The van der Waals surface area contributed by atoms with Crippen LogP contribution in [0, 0.1) is 0 Å². The Bertz CT molecular complexity index is 918. The predicted molar refractivity (Wildman–Crippen MR) is 119 cm³/mol. The third-order valence-corrected chi connectivity index (χ3v) is 11.9. The lowest BCUT2D eigenvalue weighted by atomic mass is 10.0. The van der Waals surface area contributed by atoms with Crippen molar-refractivity contribution in [2.24, 2.45) is 0 Å². The van der Waals surface area contributed by atoms with Gasteiger partial charge in [0.25, 0.3) is 0 Å². The van der Waals surface area contributed by atoms with Crippen LogP contribution in [-0.4, -0.2) is 8.07 Å². The Balaban J connectivity index is 1.74. The fraction of sp³-hybridized carbons (Fsp3) is 0.280. The van der Waals surface area contributed by atoms with Crippen LogP contribution in [0.4, 0.5) is 17.1 Å². The highest BCUT2D eigenvalue weighted by atomic mass is 28.3. The van der Waals surface area contributed by atoms with E-state index in [9.17, 15) is 0 Å². The molecule has 3 aromatic carbocycles. The van der Waals surface area contributed by atoms with Gasteiger partial charge >= 0.3 is 0 Å². The molecule has 0 unspecified atom stereocenters. The smallest absolute Gasteiger partial charge is 0.123 e. The summed E-state index contributed by atoms with van der Waals surface area (Å²) >= 11 is 0. The first-order chi connectivity index (χ1) is 13.2. The molecular weight excluding hydrogens is 342 g/mol. The molecule has 136 valence electrons. The first kappa shape index (κ1) is 16.8. The summed E-state index contributed by atoms with van der Waals surface area (Å²) in [7, 11) is -1.61. The van der Waals surface area contributed by atoms with Crippen LogP contribution in [0.5, 0.6) is 0 Å². The molecule has 2 heteroatoms. The zero-order valence-electron chi connectivity index (χ0n) is 16.3. The van der Waals surface area contributed by atoms with Gasteiger partial charge in [0.15, 0.2) is 0 Å². The summed E-state index contributed by atoms with van der Waals surface area (Å²) in [6.07, 6.45) is 2.77. The van der Waals surface area contributed by atoms with Gasteiger partial charge in [-0.05, 0) is 58.2 Å². The molecule has 0 radical (unpaired) electrons. The third kappa shape index (κ3) is 2.50. The Morgan fingerprint density at radius 1 is 0.704 bits per heavy atom. The van der Waals surface area contributed by atoms with E-state index in [1.807, 2.05) is 0 Å². The first-order valence-corrected chi connectivity index (χ1v) is 12.7. The second-order valence-corrected chi connectivity index (χ2v) is 12.6. The molecule has 2 heterocycles. The molecule has 1 saturated heterocycles. The lowest BCUT2D eigenvalue weighted by molar-refractivity contribution is 0.866. The molecule has 5 rings (SSSR count). The molecule has 2 aliphatic rings. The minimum atomic E-state index is -1.61. The Labute approximate surface area is 163 Å². The third-order valence-electron chi connectivity index (χ3n) is 6.60. The number of anilines is 3. The largest absolute Gasteiger partial charge is 0.311 e. The van der Waals surface area contributed by atoms with Crippen molar-refractivity contribution in [1.82, 2.24) is 0 Å². The molecule has 0 aliphatic carbocycles. The summed E-state index contributed by atoms with van der Waals surface area (Å²) in [4.78, 5) is 2.51. The van der Waals surface area contributed by atoms with E-state index in [4.69, 9.17) is 0 Å². The van der Waals surface area contributed by atoms with E-state index in [-0.39, 0.29) is 0 Å². The highest BCUT2D eigenvalue weighted by molar-refractivity contribution is 7.05. The Hall–Kier alpha value is -2.32.